The minimum atomic E-state index is -0.617. The van der Waals surface area contributed by atoms with Crippen LogP contribution in [0.1, 0.15) is 72.9 Å². The molecule has 0 unspecified atom stereocenters. The van der Waals surface area contributed by atoms with Crippen LogP contribution in [0.15, 0.2) is 98.6 Å². The van der Waals surface area contributed by atoms with Gasteiger partial charge in [0, 0.05) is 17.7 Å². The molecule has 0 atom stereocenters. The summed E-state index contributed by atoms with van der Waals surface area (Å²) in [6.45, 7) is 12.6. The molecule has 0 heterocycles. The number of hydrogen-bond donors (Lipinski definition) is 2. The first-order valence-corrected chi connectivity index (χ1v) is 16.8. The van der Waals surface area contributed by atoms with Crippen LogP contribution >= 0.6 is 0 Å². The number of benzene rings is 3. The molecule has 3 aromatic rings. The maximum absolute atomic E-state index is 12.9. The summed E-state index contributed by atoms with van der Waals surface area (Å²) in [7, 11) is 0. The lowest BCUT2D eigenvalue weighted by Crippen LogP contribution is -2.16. The number of esters is 3. The number of unbranched alkanes of at least 4 members (excludes halogenated alkanes) is 6. The van der Waals surface area contributed by atoms with E-state index in [0.29, 0.717) is 55.0 Å². The number of amidine groups is 1. The Morgan fingerprint density at radius 2 is 1.06 bits per heavy atom. The number of rotatable bonds is 24. The second-order valence-corrected chi connectivity index (χ2v) is 11.3. The number of hydrogen-bond acceptors (Lipinski definition) is 10. The number of nitrogens with one attached hydrogen (secondary N) is 1. The van der Waals surface area contributed by atoms with E-state index in [0.717, 1.165) is 69.1 Å². The number of carbonyl (C=O) groups is 3. The lowest BCUT2D eigenvalue weighted by atomic mass is 10.1. The fraction of sp³-hybridized carbons (Fsp3) is 0.300. The Kier molecular flexibility index (Phi) is 17.1. The van der Waals surface area contributed by atoms with Gasteiger partial charge in [-0.25, -0.2) is 14.4 Å². The maximum Gasteiger partial charge on any atom is 0.343 e. The van der Waals surface area contributed by atoms with E-state index in [4.69, 9.17) is 39.6 Å². The van der Waals surface area contributed by atoms with E-state index >= 15 is 0 Å². The van der Waals surface area contributed by atoms with Gasteiger partial charge in [0.25, 0.3) is 0 Å². The highest BCUT2D eigenvalue weighted by molar-refractivity contribution is 6.00. The number of carbonyl (C=O) groups excluding carboxylic acids is 3. The number of nitrogen functional groups attached to an aromatic ring is 1. The fourth-order valence-corrected chi connectivity index (χ4v) is 4.62. The van der Waals surface area contributed by atoms with Crippen LogP contribution in [0.3, 0.4) is 0 Å². The minimum absolute atomic E-state index is 0.114. The second kappa shape index (κ2) is 22.0. The zero-order valence-corrected chi connectivity index (χ0v) is 28.9. The monoisotopic (exact) mass is 698 g/mol. The minimum Gasteiger partial charge on any atom is -0.494 e. The third-order valence-corrected chi connectivity index (χ3v) is 7.39. The van der Waals surface area contributed by atoms with Crippen LogP contribution in [0, 0.1) is 5.41 Å². The summed E-state index contributed by atoms with van der Waals surface area (Å²) < 4.78 is 33.0. The molecule has 0 saturated heterocycles. The van der Waals surface area contributed by atoms with E-state index < -0.39 is 17.9 Å². The molecule has 0 spiro atoms. The van der Waals surface area contributed by atoms with Crippen molar-refractivity contribution in [1.82, 2.24) is 0 Å². The van der Waals surface area contributed by atoms with Crippen molar-refractivity contribution in [3.05, 3.63) is 115 Å². The standard InChI is InChI=1S/C40H46N2O9/c1-4-37(43)48-26-12-8-6-10-24-46-32-18-14-30(15-19-32)29(3)50-34-22-23-36(35(28-34)39(41)42)51-40(45)31-16-20-33(21-17-31)47-25-11-7-9-13-27-49-38(44)5-2/h4-5,14-23,28H,1-3,6-13,24-27H2,(H3,41,42). The number of nitrogens with two attached hydrogens (primary N) is 1. The molecule has 3 rings (SSSR count). The van der Waals surface area contributed by atoms with Crippen molar-refractivity contribution in [3.8, 4) is 23.0 Å². The molecule has 0 amide bonds. The third-order valence-electron chi connectivity index (χ3n) is 7.39. The molecule has 51 heavy (non-hydrogen) atoms. The highest BCUT2D eigenvalue weighted by Gasteiger charge is 2.16. The van der Waals surface area contributed by atoms with Gasteiger partial charge in [-0.2, -0.15) is 0 Å². The Balaban J connectivity index is 1.42. The van der Waals surface area contributed by atoms with E-state index in [1.807, 2.05) is 24.3 Å². The van der Waals surface area contributed by atoms with Gasteiger partial charge < -0.3 is 34.2 Å². The van der Waals surface area contributed by atoms with Crippen LogP contribution in [-0.4, -0.2) is 50.2 Å². The average molecular weight is 699 g/mol. The van der Waals surface area contributed by atoms with Crippen molar-refractivity contribution in [2.24, 2.45) is 5.73 Å². The normalized spacial score (nSPS) is 10.4. The van der Waals surface area contributed by atoms with Crippen molar-refractivity contribution in [3.63, 3.8) is 0 Å². The predicted molar refractivity (Wildman–Crippen MR) is 195 cm³/mol. The van der Waals surface area contributed by atoms with E-state index in [9.17, 15) is 14.4 Å². The average Bonchev–Trinajstić information content (AvgIpc) is 3.14. The van der Waals surface area contributed by atoms with Gasteiger partial charge in [0.2, 0.25) is 0 Å². The summed E-state index contributed by atoms with van der Waals surface area (Å²) in [5.41, 5.74) is 7.04. The Hall–Kier alpha value is -5.84. The van der Waals surface area contributed by atoms with Crippen molar-refractivity contribution >= 4 is 29.5 Å². The van der Waals surface area contributed by atoms with Gasteiger partial charge in [0.1, 0.15) is 34.6 Å². The van der Waals surface area contributed by atoms with Crippen LogP contribution in [0.5, 0.6) is 23.0 Å². The molecule has 0 radical (unpaired) electrons. The summed E-state index contributed by atoms with van der Waals surface area (Å²) in [5.74, 6) is 0.449. The molecule has 0 aliphatic carbocycles. The number of ether oxygens (including phenoxy) is 6. The summed E-state index contributed by atoms with van der Waals surface area (Å²) in [5, 5.41) is 8.04. The Morgan fingerprint density at radius 3 is 1.53 bits per heavy atom. The van der Waals surface area contributed by atoms with Gasteiger partial charge in [-0.05, 0) is 118 Å². The molecule has 0 fully saturated rings. The SMILES string of the molecule is C=CC(=O)OCCCCCCOc1ccc(C(=C)Oc2ccc(OC(=O)c3ccc(OCCCCCCOC(=O)C=C)cc3)c(C(=N)N)c2)cc1. The zero-order valence-electron chi connectivity index (χ0n) is 28.9. The van der Waals surface area contributed by atoms with Crippen LogP contribution in [-0.2, 0) is 19.1 Å². The van der Waals surface area contributed by atoms with E-state index in [1.54, 1.807) is 30.3 Å². The van der Waals surface area contributed by atoms with Gasteiger partial charge in [-0.3, -0.25) is 5.41 Å². The molecular formula is C40H46N2O9. The molecule has 0 saturated carbocycles. The lowest BCUT2D eigenvalue weighted by molar-refractivity contribution is -0.138. The largest absolute Gasteiger partial charge is 0.494 e. The first-order chi connectivity index (χ1) is 24.7. The van der Waals surface area contributed by atoms with Crippen LogP contribution < -0.4 is 24.7 Å². The van der Waals surface area contributed by atoms with Crippen molar-refractivity contribution in [2.75, 3.05) is 26.4 Å². The molecule has 3 N–H and O–H groups in total. The van der Waals surface area contributed by atoms with E-state index in [-0.39, 0.29) is 17.1 Å². The van der Waals surface area contributed by atoms with Crippen LogP contribution in [0.4, 0.5) is 0 Å². The zero-order chi connectivity index (χ0) is 36.8. The summed E-state index contributed by atoms with van der Waals surface area (Å²) >= 11 is 0. The molecular weight excluding hydrogens is 652 g/mol. The smallest absolute Gasteiger partial charge is 0.343 e. The maximum atomic E-state index is 12.9. The van der Waals surface area contributed by atoms with Crippen molar-refractivity contribution < 1.29 is 42.8 Å². The van der Waals surface area contributed by atoms with Crippen LogP contribution in [0.2, 0.25) is 0 Å². The van der Waals surface area contributed by atoms with Crippen molar-refractivity contribution in [1.29, 1.82) is 5.41 Å². The van der Waals surface area contributed by atoms with Gasteiger partial charge in [0.05, 0.1) is 37.6 Å². The van der Waals surface area contributed by atoms with Gasteiger partial charge in [0.15, 0.2) is 0 Å². The third kappa shape index (κ3) is 14.7. The van der Waals surface area contributed by atoms with Gasteiger partial charge >= 0.3 is 17.9 Å². The first-order valence-electron chi connectivity index (χ1n) is 16.8. The predicted octanol–water partition coefficient (Wildman–Crippen LogP) is 7.58. The summed E-state index contributed by atoms with van der Waals surface area (Å²) in [6, 6.07) is 18.5. The molecule has 0 aliphatic heterocycles. The fourth-order valence-electron chi connectivity index (χ4n) is 4.62. The molecule has 0 bridgehead atoms. The summed E-state index contributed by atoms with van der Waals surface area (Å²) in [4.78, 5) is 35.0. The molecule has 0 aliphatic rings. The van der Waals surface area contributed by atoms with Gasteiger partial charge in [-0.1, -0.05) is 19.7 Å². The lowest BCUT2D eigenvalue weighted by Gasteiger charge is -2.14. The van der Waals surface area contributed by atoms with Gasteiger partial charge in [-0.15, -0.1) is 0 Å². The topological polar surface area (TPSA) is 156 Å². The molecule has 0 aromatic heterocycles. The van der Waals surface area contributed by atoms with Crippen molar-refractivity contribution in [2.45, 2.75) is 51.4 Å². The molecule has 11 heteroatoms. The molecule has 3 aromatic carbocycles. The summed E-state index contributed by atoms with van der Waals surface area (Å²) in [6.07, 6.45) is 9.33. The first kappa shape index (κ1) is 39.6. The quantitative estimate of drug-likeness (QED) is 0.0182. The highest BCUT2D eigenvalue weighted by Crippen LogP contribution is 2.28. The Bertz CT molecular complexity index is 1630. The molecule has 11 nitrogen and oxygen atoms in total. The van der Waals surface area contributed by atoms with E-state index in [2.05, 4.69) is 19.7 Å². The highest BCUT2D eigenvalue weighted by atomic mass is 16.5. The second-order valence-electron chi connectivity index (χ2n) is 11.3. The Morgan fingerprint density at radius 1 is 0.608 bits per heavy atom. The van der Waals surface area contributed by atoms with E-state index in [1.165, 1.54) is 12.1 Å². The Labute approximate surface area is 299 Å². The molecule has 270 valence electrons. The van der Waals surface area contributed by atoms with Crippen LogP contribution in [0.25, 0.3) is 5.76 Å².